The summed E-state index contributed by atoms with van der Waals surface area (Å²) in [7, 11) is 1.87. The molecule has 0 spiro atoms. The second-order valence-electron chi connectivity index (χ2n) is 4.48. The van der Waals surface area contributed by atoms with E-state index in [1.54, 1.807) is 0 Å². The Bertz CT molecular complexity index is 432. The fourth-order valence-electron chi connectivity index (χ4n) is 2.30. The first-order valence-electron chi connectivity index (χ1n) is 6.15. The molecule has 1 unspecified atom stereocenters. The maximum atomic E-state index is 9.34. The fourth-order valence-corrected chi connectivity index (χ4v) is 2.30. The highest BCUT2D eigenvalue weighted by molar-refractivity contribution is 5.32. The lowest BCUT2D eigenvalue weighted by atomic mass is 9.76. The van der Waals surface area contributed by atoms with Crippen molar-refractivity contribution in [1.29, 1.82) is 5.26 Å². The number of hydrogen-bond donors (Lipinski definition) is 1. The molecule has 0 saturated carbocycles. The summed E-state index contributed by atoms with van der Waals surface area (Å²) in [6.45, 7) is 3.59. The lowest BCUT2D eigenvalue weighted by Crippen LogP contribution is -2.50. The molecule has 2 rings (SSSR count). The minimum absolute atomic E-state index is 0.00748. The van der Waals surface area contributed by atoms with E-state index in [1.807, 2.05) is 38.2 Å². The second kappa shape index (κ2) is 5.38. The van der Waals surface area contributed by atoms with Gasteiger partial charge in [-0.3, -0.25) is 0 Å². The molecular formula is C14H18N2O2. The van der Waals surface area contributed by atoms with Crippen LogP contribution in [0.3, 0.4) is 0 Å². The molecule has 1 heterocycles. The summed E-state index contributed by atoms with van der Waals surface area (Å²) in [6, 6.07) is 10.3. The topological polar surface area (TPSA) is 54.3 Å². The van der Waals surface area contributed by atoms with Crippen molar-refractivity contribution in [3.05, 3.63) is 29.8 Å². The van der Waals surface area contributed by atoms with Gasteiger partial charge in [0.15, 0.2) is 0 Å². The van der Waals surface area contributed by atoms with Crippen LogP contribution in [-0.4, -0.2) is 26.9 Å². The third-order valence-electron chi connectivity index (χ3n) is 3.31. The minimum Gasteiger partial charge on any atom is -0.494 e. The van der Waals surface area contributed by atoms with Crippen LogP contribution >= 0.6 is 0 Å². The van der Waals surface area contributed by atoms with Crippen LogP contribution in [0.15, 0.2) is 24.3 Å². The molecule has 18 heavy (non-hydrogen) atoms. The lowest BCUT2D eigenvalue weighted by molar-refractivity contribution is -0.0963. The van der Waals surface area contributed by atoms with Crippen LogP contribution in [0.25, 0.3) is 0 Å². The van der Waals surface area contributed by atoms with Crippen molar-refractivity contribution in [2.75, 3.05) is 26.9 Å². The van der Waals surface area contributed by atoms with E-state index in [0.717, 1.165) is 11.3 Å². The van der Waals surface area contributed by atoms with Crippen LogP contribution in [0, 0.1) is 16.7 Å². The third kappa shape index (κ3) is 2.20. The van der Waals surface area contributed by atoms with Gasteiger partial charge >= 0.3 is 0 Å². The molecule has 4 nitrogen and oxygen atoms in total. The summed E-state index contributed by atoms with van der Waals surface area (Å²) in [5.41, 5.74) is 0.646. The molecule has 0 aliphatic carbocycles. The van der Waals surface area contributed by atoms with Crippen molar-refractivity contribution < 1.29 is 9.47 Å². The number of nitriles is 1. The van der Waals surface area contributed by atoms with E-state index in [2.05, 4.69) is 11.4 Å². The van der Waals surface area contributed by atoms with Crippen LogP contribution < -0.4 is 10.1 Å². The summed E-state index contributed by atoms with van der Waals surface area (Å²) in [6.07, 6.45) is 0. The molecule has 1 N–H and O–H groups in total. The Kier molecular flexibility index (Phi) is 3.85. The normalized spacial score (nSPS) is 18.5. The van der Waals surface area contributed by atoms with Gasteiger partial charge in [0, 0.05) is 0 Å². The van der Waals surface area contributed by atoms with Crippen molar-refractivity contribution >= 4 is 0 Å². The van der Waals surface area contributed by atoms with Gasteiger partial charge < -0.3 is 14.8 Å². The largest absolute Gasteiger partial charge is 0.494 e. The number of benzene rings is 1. The highest BCUT2D eigenvalue weighted by Gasteiger charge is 2.46. The fraction of sp³-hybridized carbons (Fsp3) is 0.500. The zero-order valence-corrected chi connectivity index (χ0v) is 10.8. The van der Waals surface area contributed by atoms with Crippen LogP contribution in [0.1, 0.15) is 18.5 Å². The van der Waals surface area contributed by atoms with Crippen molar-refractivity contribution in [3.63, 3.8) is 0 Å². The first-order valence-corrected chi connectivity index (χ1v) is 6.15. The molecule has 96 valence electrons. The van der Waals surface area contributed by atoms with Gasteiger partial charge in [-0.25, -0.2) is 0 Å². The van der Waals surface area contributed by atoms with E-state index in [4.69, 9.17) is 9.47 Å². The van der Waals surface area contributed by atoms with E-state index in [9.17, 15) is 5.26 Å². The Balaban J connectivity index is 2.20. The van der Waals surface area contributed by atoms with E-state index in [-0.39, 0.29) is 6.04 Å². The molecular weight excluding hydrogens is 228 g/mol. The molecule has 0 aromatic heterocycles. The quantitative estimate of drug-likeness (QED) is 0.862. The number of rotatable bonds is 5. The Hall–Kier alpha value is -1.57. The standard InChI is InChI=1S/C14H18N2O2/c1-3-18-12-6-4-11(5-7-12)13(16-2)14(8-15)9-17-10-14/h4-7,13,16H,3,9-10H2,1-2H3. The molecule has 1 atom stereocenters. The Morgan fingerprint density at radius 1 is 1.44 bits per heavy atom. The zero-order chi connectivity index (χ0) is 13.0. The molecule has 0 bridgehead atoms. The highest BCUT2D eigenvalue weighted by atomic mass is 16.5. The highest BCUT2D eigenvalue weighted by Crippen LogP contribution is 2.40. The third-order valence-corrected chi connectivity index (χ3v) is 3.31. The summed E-state index contributed by atoms with van der Waals surface area (Å²) in [5, 5.41) is 12.6. The molecule has 4 heteroatoms. The number of nitrogens with zero attached hydrogens (tertiary/aromatic N) is 1. The molecule has 1 saturated heterocycles. The molecule has 1 aromatic carbocycles. The average Bonchev–Trinajstić information content (AvgIpc) is 2.35. The maximum Gasteiger partial charge on any atom is 0.123 e. The number of nitrogens with one attached hydrogen (secondary N) is 1. The molecule has 1 aliphatic rings. The van der Waals surface area contributed by atoms with Crippen LogP contribution in [-0.2, 0) is 4.74 Å². The molecule has 1 fully saturated rings. The van der Waals surface area contributed by atoms with Crippen molar-refractivity contribution in [2.24, 2.45) is 5.41 Å². The SMILES string of the molecule is CCOc1ccc(C(NC)C2(C#N)COC2)cc1. The first kappa shape index (κ1) is 12.9. The molecule has 1 aliphatic heterocycles. The predicted molar refractivity (Wildman–Crippen MR) is 68.3 cm³/mol. The maximum absolute atomic E-state index is 9.34. The zero-order valence-electron chi connectivity index (χ0n) is 10.8. The van der Waals surface area contributed by atoms with Gasteiger partial charge in [-0.05, 0) is 31.7 Å². The second-order valence-corrected chi connectivity index (χ2v) is 4.48. The smallest absolute Gasteiger partial charge is 0.123 e. The van der Waals surface area contributed by atoms with Crippen molar-refractivity contribution in [3.8, 4) is 11.8 Å². The van der Waals surface area contributed by atoms with E-state index in [1.165, 1.54) is 0 Å². The average molecular weight is 246 g/mol. The summed E-state index contributed by atoms with van der Waals surface area (Å²) in [4.78, 5) is 0. The Morgan fingerprint density at radius 2 is 2.11 bits per heavy atom. The summed E-state index contributed by atoms with van der Waals surface area (Å²) >= 11 is 0. The van der Waals surface area contributed by atoms with Gasteiger partial charge in [-0.1, -0.05) is 12.1 Å². The Labute approximate surface area is 108 Å². The van der Waals surface area contributed by atoms with Gasteiger partial charge in [0.25, 0.3) is 0 Å². The van der Waals surface area contributed by atoms with Crippen LogP contribution in [0.2, 0.25) is 0 Å². The molecule has 1 aromatic rings. The minimum atomic E-state index is -0.443. The Morgan fingerprint density at radius 3 is 2.50 bits per heavy atom. The van der Waals surface area contributed by atoms with E-state index < -0.39 is 5.41 Å². The van der Waals surface area contributed by atoms with Crippen molar-refractivity contribution in [2.45, 2.75) is 13.0 Å². The predicted octanol–water partition coefficient (Wildman–Crippen LogP) is 1.89. The summed E-state index contributed by atoms with van der Waals surface area (Å²) in [5.74, 6) is 0.854. The van der Waals surface area contributed by atoms with E-state index >= 15 is 0 Å². The van der Waals surface area contributed by atoms with Gasteiger partial charge in [0.1, 0.15) is 11.2 Å². The monoisotopic (exact) mass is 246 g/mol. The molecule has 0 radical (unpaired) electrons. The first-order chi connectivity index (χ1) is 8.75. The van der Waals surface area contributed by atoms with Gasteiger partial charge in [0.05, 0.1) is 31.9 Å². The number of hydrogen-bond acceptors (Lipinski definition) is 4. The summed E-state index contributed by atoms with van der Waals surface area (Å²) < 4.78 is 10.6. The lowest BCUT2D eigenvalue weighted by Gasteiger charge is -2.41. The van der Waals surface area contributed by atoms with Gasteiger partial charge in [-0.2, -0.15) is 5.26 Å². The molecule has 0 amide bonds. The van der Waals surface area contributed by atoms with E-state index in [0.29, 0.717) is 19.8 Å². The van der Waals surface area contributed by atoms with Crippen LogP contribution in [0.5, 0.6) is 5.75 Å². The van der Waals surface area contributed by atoms with Crippen molar-refractivity contribution in [1.82, 2.24) is 5.32 Å². The van der Waals surface area contributed by atoms with Gasteiger partial charge in [0.2, 0.25) is 0 Å². The number of ether oxygens (including phenoxy) is 2. The van der Waals surface area contributed by atoms with Crippen LogP contribution in [0.4, 0.5) is 0 Å². The van der Waals surface area contributed by atoms with Gasteiger partial charge in [-0.15, -0.1) is 0 Å².